The van der Waals surface area contributed by atoms with Gasteiger partial charge in [0.15, 0.2) is 0 Å². The van der Waals surface area contributed by atoms with Crippen molar-refractivity contribution in [2.45, 2.75) is 11.6 Å². The third-order valence-corrected chi connectivity index (χ3v) is 5.24. The Bertz CT molecular complexity index is 1050. The lowest BCUT2D eigenvalue weighted by atomic mass is 9.76. The Hall–Kier alpha value is -3.58. The van der Waals surface area contributed by atoms with Gasteiger partial charge in [-0.05, 0) is 30.3 Å². The summed E-state index contributed by atoms with van der Waals surface area (Å²) >= 11 is 0. The summed E-state index contributed by atoms with van der Waals surface area (Å²) in [6.45, 7) is -0.686. The summed E-state index contributed by atoms with van der Waals surface area (Å²) in [5, 5.41) is 11.4. The van der Waals surface area contributed by atoms with E-state index in [4.69, 9.17) is 20.5 Å². The van der Waals surface area contributed by atoms with E-state index in [0.717, 1.165) is 6.07 Å². The van der Waals surface area contributed by atoms with E-state index in [1.165, 1.54) is 30.5 Å². The van der Waals surface area contributed by atoms with Crippen molar-refractivity contribution in [3.05, 3.63) is 59.2 Å². The molecule has 1 aromatic heterocycles. The summed E-state index contributed by atoms with van der Waals surface area (Å²) in [6.07, 6.45) is 0.724. The summed E-state index contributed by atoms with van der Waals surface area (Å²) in [6, 6.07) is 8.32. The summed E-state index contributed by atoms with van der Waals surface area (Å²) in [5.74, 6) is -1.83. The fraction of sp³-hybridized carbons (Fsp3) is 0.300. The Morgan fingerprint density at radius 3 is 2.90 bits per heavy atom. The van der Waals surface area contributed by atoms with Crippen molar-refractivity contribution < 1.29 is 23.0 Å². The highest BCUT2D eigenvalue weighted by Crippen LogP contribution is 2.44. The number of alkyl halides is 1. The molecule has 1 saturated heterocycles. The van der Waals surface area contributed by atoms with Gasteiger partial charge in [-0.15, -0.1) is 0 Å². The third-order valence-electron chi connectivity index (χ3n) is 5.24. The predicted octanol–water partition coefficient (Wildman–Crippen LogP) is 1.87. The number of aliphatic imine (C=N–C) groups is 1. The van der Waals surface area contributed by atoms with Crippen molar-refractivity contribution in [1.29, 1.82) is 5.26 Å². The number of benzene rings is 1. The van der Waals surface area contributed by atoms with E-state index in [0.29, 0.717) is 5.56 Å². The molecule has 10 heteroatoms. The summed E-state index contributed by atoms with van der Waals surface area (Å²) in [4.78, 5) is 20.5. The van der Waals surface area contributed by atoms with Crippen LogP contribution in [-0.4, -0.2) is 42.9 Å². The quantitative estimate of drug-likeness (QED) is 0.789. The SMILES string of the molecule is N#Cc1ccc(C(=O)Nc2ccc(F)c(C3(CF)N=C(N)OC4COCC43)c2)nc1. The highest BCUT2D eigenvalue weighted by Gasteiger charge is 2.53. The standard InChI is InChI=1S/C20H17F2N5O3/c21-10-20(14-8-29-9-17(14)30-19(24)27-20)13-5-12(2-3-15(13)22)26-18(28)16-4-1-11(6-23)7-25-16/h1-5,7,14,17H,8-10H2,(H2,24,27)(H,26,28). The topological polar surface area (TPSA) is 123 Å². The minimum Gasteiger partial charge on any atom is -0.459 e. The number of rotatable bonds is 4. The zero-order chi connectivity index (χ0) is 21.3. The molecular formula is C20H17F2N5O3. The Balaban J connectivity index is 1.68. The number of hydrogen-bond acceptors (Lipinski definition) is 7. The van der Waals surface area contributed by atoms with E-state index in [1.807, 2.05) is 6.07 Å². The number of pyridine rings is 1. The molecule has 0 bridgehead atoms. The second-order valence-corrected chi connectivity index (χ2v) is 7.00. The highest BCUT2D eigenvalue weighted by molar-refractivity contribution is 6.02. The fourth-order valence-electron chi connectivity index (χ4n) is 3.74. The molecular weight excluding hydrogens is 396 g/mol. The summed E-state index contributed by atoms with van der Waals surface area (Å²) < 4.78 is 40.0. The number of nitrogens with one attached hydrogen (secondary N) is 1. The number of nitrogens with two attached hydrogens (primary N) is 1. The summed E-state index contributed by atoms with van der Waals surface area (Å²) in [5.41, 5.74) is 4.66. The molecule has 1 aromatic carbocycles. The first-order valence-electron chi connectivity index (χ1n) is 9.10. The molecule has 0 radical (unpaired) electrons. The molecule has 2 aliphatic rings. The molecule has 0 aliphatic carbocycles. The normalized spacial score (nSPS) is 24.9. The number of fused-ring (bicyclic) bond motifs is 1. The van der Waals surface area contributed by atoms with Gasteiger partial charge in [-0.2, -0.15) is 5.26 Å². The number of anilines is 1. The maximum atomic E-state index is 14.8. The molecule has 4 rings (SSSR count). The van der Waals surface area contributed by atoms with Gasteiger partial charge < -0.3 is 20.5 Å². The van der Waals surface area contributed by atoms with Gasteiger partial charge in [0, 0.05) is 17.4 Å². The van der Waals surface area contributed by atoms with Gasteiger partial charge in [0.05, 0.1) is 24.7 Å². The van der Waals surface area contributed by atoms with Gasteiger partial charge in [-0.25, -0.2) is 18.8 Å². The van der Waals surface area contributed by atoms with E-state index in [9.17, 15) is 13.6 Å². The second-order valence-electron chi connectivity index (χ2n) is 7.00. The molecule has 2 aliphatic heterocycles. The van der Waals surface area contributed by atoms with Crippen LogP contribution in [0.4, 0.5) is 14.5 Å². The van der Waals surface area contributed by atoms with Gasteiger partial charge in [0.25, 0.3) is 11.9 Å². The van der Waals surface area contributed by atoms with Gasteiger partial charge in [0.1, 0.15) is 35.9 Å². The van der Waals surface area contributed by atoms with Crippen molar-refractivity contribution in [1.82, 2.24) is 4.98 Å². The number of nitriles is 1. The van der Waals surface area contributed by atoms with E-state index in [2.05, 4.69) is 15.3 Å². The molecule has 2 aromatic rings. The zero-order valence-electron chi connectivity index (χ0n) is 15.6. The molecule has 3 N–H and O–H groups in total. The second kappa shape index (κ2) is 7.68. The Labute approximate surface area is 170 Å². The molecule has 3 heterocycles. The minimum atomic E-state index is -1.62. The van der Waals surface area contributed by atoms with Gasteiger partial charge in [-0.3, -0.25) is 4.79 Å². The number of carbonyl (C=O) groups excluding carboxylic acids is 1. The van der Waals surface area contributed by atoms with E-state index in [-0.39, 0.29) is 36.2 Å². The monoisotopic (exact) mass is 413 g/mol. The van der Waals surface area contributed by atoms with Crippen LogP contribution in [0.5, 0.6) is 0 Å². The van der Waals surface area contributed by atoms with Crippen LogP contribution in [0.3, 0.4) is 0 Å². The molecule has 3 unspecified atom stereocenters. The molecule has 0 spiro atoms. The molecule has 1 amide bonds. The van der Waals surface area contributed by atoms with Crippen LogP contribution in [0.25, 0.3) is 0 Å². The van der Waals surface area contributed by atoms with Crippen LogP contribution in [-0.2, 0) is 15.0 Å². The van der Waals surface area contributed by atoms with Crippen molar-refractivity contribution in [3.8, 4) is 6.07 Å². The molecule has 30 heavy (non-hydrogen) atoms. The molecule has 0 saturated carbocycles. The van der Waals surface area contributed by atoms with Crippen LogP contribution in [0.15, 0.2) is 41.5 Å². The lowest BCUT2D eigenvalue weighted by molar-refractivity contribution is 0.0614. The lowest BCUT2D eigenvalue weighted by Crippen LogP contribution is -2.50. The van der Waals surface area contributed by atoms with E-state index in [1.54, 1.807) is 0 Å². The van der Waals surface area contributed by atoms with E-state index >= 15 is 0 Å². The lowest BCUT2D eigenvalue weighted by Gasteiger charge is -2.39. The van der Waals surface area contributed by atoms with Gasteiger partial charge >= 0.3 is 0 Å². The molecule has 1 fully saturated rings. The Morgan fingerprint density at radius 2 is 2.20 bits per heavy atom. The first-order chi connectivity index (χ1) is 14.5. The number of amidine groups is 1. The molecule has 8 nitrogen and oxygen atoms in total. The minimum absolute atomic E-state index is 0.0534. The van der Waals surface area contributed by atoms with Crippen LogP contribution in [0.1, 0.15) is 21.6 Å². The number of halogens is 2. The number of nitrogens with zero attached hydrogens (tertiary/aromatic N) is 3. The molecule has 154 valence electrons. The summed E-state index contributed by atoms with van der Waals surface area (Å²) in [7, 11) is 0. The van der Waals surface area contributed by atoms with Crippen LogP contribution < -0.4 is 11.1 Å². The maximum absolute atomic E-state index is 14.8. The smallest absolute Gasteiger partial charge is 0.283 e. The largest absolute Gasteiger partial charge is 0.459 e. The highest BCUT2D eigenvalue weighted by atomic mass is 19.1. The number of hydrogen-bond donors (Lipinski definition) is 2. The Kier molecular flexibility index (Phi) is 5.05. The predicted molar refractivity (Wildman–Crippen MR) is 102 cm³/mol. The average molecular weight is 413 g/mol. The van der Waals surface area contributed by atoms with Gasteiger partial charge in [-0.1, -0.05) is 0 Å². The number of carbonyl (C=O) groups is 1. The van der Waals surface area contributed by atoms with Crippen LogP contribution in [0.2, 0.25) is 0 Å². The van der Waals surface area contributed by atoms with E-state index < -0.39 is 36.0 Å². The number of ether oxygens (including phenoxy) is 2. The average Bonchev–Trinajstić information content (AvgIpc) is 3.23. The first kappa shape index (κ1) is 19.7. The van der Waals surface area contributed by atoms with Crippen molar-refractivity contribution >= 4 is 17.6 Å². The van der Waals surface area contributed by atoms with Crippen molar-refractivity contribution in [3.63, 3.8) is 0 Å². The number of amides is 1. The Morgan fingerprint density at radius 1 is 1.37 bits per heavy atom. The fourth-order valence-corrected chi connectivity index (χ4v) is 3.74. The zero-order valence-corrected chi connectivity index (χ0v) is 15.6. The van der Waals surface area contributed by atoms with Crippen LogP contribution >= 0.6 is 0 Å². The van der Waals surface area contributed by atoms with Crippen molar-refractivity contribution in [2.24, 2.45) is 16.6 Å². The van der Waals surface area contributed by atoms with Crippen LogP contribution in [0, 0.1) is 23.1 Å². The third kappa shape index (κ3) is 3.33. The maximum Gasteiger partial charge on any atom is 0.283 e. The molecule has 3 atom stereocenters. The van der Waals surface area contributed by atoms with Gasteiger partial charge in [0.2, 0.25) is 0 Å². The van der Waals surface area contributed by atoms with Crippen molar-refractivity contribution in [2.75, 3.05) is 25.2 Å². The number of aromatic nitrogens is 1. The first-order valence-corrected chi connectivity index (χ1v) is 9.10.